The highest BCUT2D eigenvalue weighted by Gasteiger charge is 2.14. The zero-order chi connectivity index (χ0) is 16.5. The molecule has 0 aliphatic carbocycles. The van der Waals surface area contributed by atoms with Crippen LogP contribution in [0.15, 0.2) is 48.5 Å². The largest absolute Gasteiger partial charge is 0.493 e. The van der Waals surface area contributed by atoms with E-state index in [1.54, 1.807) is 6.92 Å². The Balaban J connectivity index is 1.80. The van der Waals surface area contributed by atoms with Gasteiger partial charge < -0.3 is 15.2 Å². The van der Waals surface area contributed by atoms with Crippen molar-refractivity contribution < 1.29 is 9.84 Å². The van der Waals surface area contributed by atoms with E-state index in [9.17, 15) is 5.11 Å². The third-order valence-corrected chi connectivity index (χ3v) is 4.29. The molecular weight excluding hydrogens is 300 g/mol. The number of fused-ring (bicyclic) bond motifs is 2. The fourth-order valence-corrected chi connectivity index (χ4v) is 3.07. The van der Waals surface area contributed by atoms with Crippen LogP contribution >= 0.6 is 0 Å². The van der Waals surface area contributed by atoms with Gasteiger partial charge in [-0.3, -0.25) is 0 Å². The molecule has 0 saturated carbocycles. The summed E-state index contributed by atoms with van der Waals surface area (Å²) in [6, 6.07) is 16.4. The molecule has 1 aromatic heterocycles. The molecule has 1 aliphatic heterocycles. The number of benzene rings is 2. The average Bonchev–Trinajstić information content (AvgIpc) is 3.07. The molecule has 1 atom stereocenters. The van der Waals surface area contributed by atoms with Gasteiger partial charge in [0.2, 0.25) is 0 Å². The molecule has 2 N–H and O–H groups in total. The summed E-state index contributed by atoms with van der Waals surface area (Å²) < 4.78 is 5.59. The molecule has 0 radical (unpaired) electrons. The number of hydrogen-bond acceptors (Lipinski definition) is 4. The average molecular weight is 320 g/mol. The van der Waals surface area contributed by atoms with E-state index in [2.05, 4.69) is 23.5 Å². The first kappa shape index (κ1) is 15.0. The molecule has 4 rings (SSSR count). The Morgan fingerprint density at radius 3 is 2.96 bits per heavy atom. The van der Waals surface area contributed by atoms with Gasteiger partial charge in [0.25, 0.3) is 0 Å². The van der Waals surface area contributed by atoms with E-state index in [-0.39, 0.29) is 0 Å². The third kappa shape index (κ3) is 2.81. The summed E-state index contributed by atoms with van der Waals surface area (Å²) in [5.74, 6) is 0.979. The molecule has 0 spiro atoms. The van der Waals surface area contributed by atoms with Crippen LogP contribution < -0.4 is 10.1 Å². The van der Waals surface area contributed by atoms with E-state index in [0.717, 1.165) is 46.6 Å². The van der Waals surface area contributed by atoms with Crippen molar-refractivity contribution in [1.82, 2.24) is 4.98 Å². The SMILES string of the molecule is C[C@H](O)CNc1cc(-c2ccc3c(c2)CCO3)nc2ccccc12. The number of ether oxygens (including phenoxy) is 1. The second-order valence-electron chi connectivity index (χ2n) is 6.22. The fraction of sp³-hybridized carbons (Fsp3) is 0.250. The Kier molecular flexibility index (Phi) is 3.82. The van der Waals surface area contributed by atoms with Crippen LogP contribution in [0.25, 0.3) is 22.2 Å². The second-order valence-corrected chi connectivity index (χ2v) is 6.22. The van der Waals surface area contributed by atoms with Gasteiger partial charge in [0, 0.05) is 29.6 Å². The summed E-state index contributed by atoms with van der Waals surface area (Å²) in [5, 5.41) is 14.0. The minimum atomic E-state index is -0.405. The highest BCUT2D eigenvalue weighted by atomic mass is 16.5. The Morgan fingerprint density at radius 2 is 2.08 bits per heavy atom. The van der Waals surface area contributed by atoms with Crippen LogP contribution in [0.5, 0.6) is 5.75 Å². The van der Waals surface area contributed by atoms with E-state index in [1.807, 2.05) is 30.3 Å². The van der Waals surface area contributed by atoms with Crippen LogP contribution in [0.1, 0.15) is 12.5 Å². The van der Waals surface area contributed by atoms with Crippen molar-refractivity contribution >= 4 is 16.6 Å². The van der Waals surface area contributed by atoms with E-state index in [0.29, 0.717) is 6.54 Å². The molecule has 4 heteroatoms. The van der Waals surface area contributed by atoms with Crippen molar-refractivity contribution in [3.63, 3.8) is 0 Å². The van der Waals surface area contributed by atoms with Gasteiger partial charge in [0.05, 0.1) is 23.9 Å². The van der Waals surface area contributed by atoms with Gasteiger partial charge in [0.1, 0.15) is 5.75 Å². The summed E-state index contributed by atoms with van der Waals surface area (Å²) >= 11 is 0. The molecule has 2 aromatic carbocycles. The molecule has 0 unspecified atom stereocenters. The molecule has 2 heterocycles. The number of aliphatic hydroxyl groups is 1. The smallest absolute Gasteiger partial charge is 0.122 e. The summed E-state index contributed by atoms with van der Waals surface area (Å²) in [7, 11) is 0. The van der Waals surface area contributed by atoms with Crippen molar-refractivity contribution in [3.05, 3.63) is 54.1 Å². The lowest BCUT2D eigenvalue weighted by atomic mass is 10.0. The number of anilines is 1. The molecule has 1 aliphatic rings. The van der Waals surface area contributed by atoms with Crippen LogP contribution in [0, 0.1) is 0 Å². The maximum absolute atomic E-state index is 9.59. The van der Waals surface area contributed by atoms with Gasteiger partial charge in [-0.05, 0) is 42.8 Å². The van der Waals surface area contributed by atoms with Crippen LogP contribution in [0.2, 0.25) is 0 Å². The monoisotopic (exact) mass is 320 g/mol. The summed E-state index contributed by atoms with van der Waals surface area (Å²) in [6.07, 6.45) is 0.543. The first-order valence-corrected chi connectivity index (χ1v) is 8.28. The van der Waals surface area contributed by atoms with Crippen molar-refractivity contribution in [1.29, 1.82) is 0 Å². The number of aromatic nitrogens is 1. The van der Waals surface area contributed by atoms with Crippen molar-refractivity contribution in [3.8, 4) is 17.0 Å². The normalized spacial score (nSPS) is 14.2. The van der Waals surface area contributed by atoms with Crippen LogP contribution in [0.4, 0.5) is 5.69 Å². The van der Waals surface area contributed by atoms with E-state index in [1.165, 1.54) is 5.56 Å². The number of para-hydroxylation sites is 1. The minimum Gasteiger partial charge on any atom is -0.493 e. The van der Waals surface area contributed by atoms with Crippen molar-refractivity contribution in [2.45, 2.75) is 19.4 Å². The number of aliphatic hydroxyl groups excluding tert-OH is 1. The highest BCUT2D eigenvalue weighted by Crippen LogP contribution is 2.32. The lowest BCUT2D eigenvalue weighted by Crippen LogP contribution is -2.15. The first-order valence-electron chi connectivity index (χ1n) is 8.28. The molecule has 0 bridgehead atoms. The second kappa shape index (κ2) is 6.13. The maximum atomic E-state index is 9.59. The zero-order valence-corrected chi connectivity index (χ0v) is 13.6. The van der Waals surface area contributed by atoms with Crippen LogP contribution in [-0.4, -0.2) is 29.3 Å². The highest BCUT2D eigenvalue weighted by molar-refractivity contribution is 5.93. The Labute approximate surface area is 141 Å². The van der Waals surface area contributed by atoms with Gasteiger partial charge in [-0.2, -0.15) is 0 Å². The predicted molar refractivity (Wildman–Crippen MR) is 96.5 cm³/mol. The van der Waals surface area contributed by atoms with E-state index in [4.69, 9.17) is 9.72 Å². The molecule has 0 fully saturated rings. The number of nitrogens with one attached hydrogen (secondary N) is 1. The molecule has 3 aromatic rings. The fourth-order valence-electron chi connectivity index (χ4n) is 3.07. The Morgan fingerprint density at radius 1 is 1.21 bits per heavy atom. The lowest BCUT2D eigenvalue weighted by Gasteiger charge is -2.13. The van der Waals surface area contributed by atoms with Gasteiger partial charge in [0.15, 0.2) is 0 Å². The van der Waals surface area contributed by atoms with Crippen LogP contribution in [-0.2, 0) is 6.42 Å². The quantitative estimate of drug-likeness (QED) is 0.771. The maximum Gasteiger partial charge on any atom is 0.122 e. The van der Waals surface area contributed by atoms with E-state index < -0.39 is 6.10 Å². The molecule has 0 amide bonds. The van der Waals surface area contributed by atoms with Crippen molar-refractivity contribution in [2.75, 3.05) is 18.5 Å². The molecule has 0 saturated heterocycles. The number of rotatable bonds is 4. The van der Waals surface area contributed by atoms with Gasteiger partial charge in [-0.25, -0.2) is 4.98 Å². The Bertz CT molecular complexity index is 890. The third-order valence-electron chi connectivity index (χ3n) is 4.29. The lowest BCUT2D eigenvalue weighted by molar-refractivity contribution is 0.208. The molecule has 4 nitrogen and oxygen atoms in total. The standard InChI is InChI=1S/C20H20N2O2/c1-13(23)12-21-19-11-18(22-17-5-3-2-4-16(17)19)14-6-7-20-15(10-14)8-9-24-20/h2-7,10-11,13,23H,8-9,12H2,1H3,(H,21,22)/t13-/m0/s1. The predicted octanol–water partition coefficient (Wildman–Crippen LogP) is 3.63. The molecular formula is C20H20N2O2. The summed E-state index contributed by atoms with van der Waals surface area (Å²) in [6.45, 7) is 3.04. The zero-order valence-electron chi connectivity index (χ0n) is 13.6. The minimum absolute atomic E-state index is 0.405. The number of hydrogen-bond donors (Lipinski definition) is 2. The van der Waals surface area contributed by atoms with E-state index >= 15 is 0 Å². The Hall–Kier alpha value is -2.59. The molecule has 24 heavy (non-hydrogen) atoms. The number of pyridine rings is 1. The topological polar surface area (TPSA) is 54.4 Å². The van der Waals surface area contributed by atoms with Gasteiger partial charge >= 0.3 is 0 Å². The van der Waals surface area contributed by atoms with Gasteiger partial charge in [-0.1, -0.05) is 18.2 Å². The summed E-state index contributed by atoms with van der Waals surface area (Å²) in [4.78, 5) is 4.82. The molecule has 122 valence electrons. The van der Waals surface area contributed by atoms with Crippen molar-refractivity contribution in [2.24, 2.45) is 0 Å². The number of nitrogens with zero attached hydrogens (tertiary/aromatic N) is 1. The van der Waals surface area contributed by atoms with Crippen LogP contribution in [0.3, 0.4) is 0 Å². The van der Waals surface area contributed by atoms with Gasteiger partial charge in [-0.15, -0.1) is 0 Å². The summed E-state index contributed by atoms with van der Waals surface area (Å²) in [5.41, 5.74) is 5.19. The first-order chi connectivity index (χ1) is 11.7.